The lowest BCUT2D eigenvalue weighted by molar-refractivity contribution is -0.129. The molecule has 1 heterocycles. The van der Waals surface area contributed by atoms with Gasteiger partial charge in [0.15, 0.2) is 0 Å². The van der Waals surface area contributed by atoms with Crippen LogP contribution in [0.25, 0.3) is 0 Å². The van der Waals surface area contributed by atoms with Gasteiger partial charge >= 0.3 is 0 Å². The van der Waals surface area contributed by atoms with Gasteiger partial charge in [-0.15, -0.1) is 0 Å². The Hall–Kier alpha value is -0.570. The maximum absolute atomic E-state index is 12.1. The molecule has 0 bridgehead atoms. The SMILES string of the molecule is CCC(C)CC(C)NC(=O)C1(C)CCNC1. The van der Waals surface area contributed by atoms with Crippen molar-refractivity contribution in [2.24, 2.45) is 11.3 Å². The molecule has 0 aromatic rings. The normalized spacial score (nSPS) is 28.8. The van der Waals surface area contributed by atoms with Crippen LogP contribution < -0.4 is 10.6 Å². The number of carbonyl (C=O) groups is 1. The molecular weight excluding hydrogens is 200 g/mol. The van der Waals surface area contributed by atoms with E-state index >= 15 is 0 Å². The van der Waals surface area contributed by atoms with E-state index in [9.17, 15) is 4.79 Å². The lowest BCUT2D eigenvalue weighted by atomic mass is 9.88. The second kappa shape index (κ2) is 5.67. The Bertz CT molecular complexity index is 234. The van der Waals surface area contributed by atoms with Crippen LogP contribution in [0.3, 0.4) is 0 Å². The molecule has 0 spiro atoms. The summed E-state index contributed by atoms with van der Waals surface area (Å²) in [6.45, 7) is 10.4. The van der Waals surface area contributed by atoms with Gasteiger partial charge in [-0.1, -0.05) is 20.3 Å². The number of hydrogen-bond acceptors (Lipinski definition) is 2. The van der Waals surface area contributed by atoms with E-state index in [0.29, 0.717) is 12.0 Å². The smallest absolute Gasteiger partial charge is 0.227 e. The largest absolute Gasteiger partial charge is 0.353 e. The van der Waals surface area contributed by atoms with Crippen molar-refractivity contribution >= 4 is 5.91 Å². The first-order valence-electron chi connectivity index (χ1n) is 6.49. The molecule has 3 nitrogen and oxygen atoms in total. The van der Waals surface area contributed by atoms with Crippen LogP contribution in [0.4, 0.5) is 0 Å². The van der Waals surface area contributed by atoms with Crippen LogP contribution in [0.5, 0.6) is 0 Å². The van der Waals surface area contributed by atoms with Crippen molar-refractivity contribution in [1.82, 2.24) is 10.6 Å². The molecule has 0 aromatic carbocycles. The molecule has 0 aromatic heterocycles. The monoisotopic (exact) mass is 226 g/mol. The number of rotatable bonds is 5. The van der Waals surface area contributed by atoms with Crippen LogP contribution >= 0.6 is 0 Å². The number of nitrogens with one attached hydrogen (secondary N) is 2. The van der Waals surface area contributed by atoms with Crippen molar-refractivity contribution < 1.29 is 4.79 Å². The van der Waals surface area contributed by atoms with E-state index < -0.39 is 0 Å². The third-order valence-electron chi connectivity index (χ3n) is 3.75. The minimum Gasteiger partial charge on any atom is -0.353 e. The molecule has 1 amide bonds. The second-order valence-electron chi connectivity index (χ2n) is 5.61. The first-order valence-corrected chi connectivity index (χ1v) is 6.49. The first kappa shape index (κ1) is 13.5. The molecule has 1 rings (SSSR count). The molecule has 3 heteroatoms. The summed E-state index contributed by atoms with van der Waals surface area (Å²) in [4.78, 5) is 12.1. The Morgan fingerprint density at radius 2 is 2.19 bits per heavy atom. The van der Waals surface area contributed by atoms with Crippen molar-refractivity contribution in [2.45, 2.75) is 53.0 Å². The fourth-order valence-corrected chi connectivity index (χ4v) is 2.24. The van der Waals surface area contributed by atoms with E-state index in [1.54, 1.807) is 0 Å². The highest BCUT2D eigenvalue weighted by Crippen LogP contribution is 2.25. The molecule has 3 unspecified atom stereocenters. The summed E-state index contributed by atoms with van der Waals surface area (Å²) >= 11 is 0. The Kier molecular flexibility index (Phi) is 4.78. The third-order valence-corrected chi connectivity index (χ3v) is 3.75. The predicted octanol–water partition coefficient (Wildman–Crippen LogP) is 1.93. The van der Waals surface area contributed by atoms with Crippen LogP contribution in [-0.2, 0) is 4.79 Å². The van der Waals surface area contributed by atoms with E-state index in [-0.39, 0.29) is 11.3 Å². The lowest BCUT2D eigenvalue weighted by Crippen LogP contribution is -2.44. The number of amides is 1. The van der Waals surface area contributed by atoms with E-state index in [0.717, 1.165) is 25.9 Å². The van der Waals surface area contributed by atoms with Gasteiger partial charge in [0.25, 0.3) is 0 Å². The average molecular weight is 226 g/mol. The quantitative estimate of drug-likeness (QED) is 0.752. The Morgan fingerprint density at radius 1 is 1.50 bits per heavy atom. The molecule has 2 N–H and O–H groups in total. The summed E-state index contributed by atoms with van der Waals surface area (Å²) in [6.07, 6.45) is 3.21. The summed E-state index contributed by atoms with van der Waals surface area (Å²) in [5.74, 6) is 0.901. The highest BCUT2D eigenvalue weighted by Gasteiger charge is 2.36. The zero-order chi connectivity index (χ0) is 12.2. The fourth-order valence-electron chi connectivity index (χ4n) is 2.24. The van der Waals surface area contributed by atoms with Crippen LogP contribution in [0.15, 0.2) is 0 Å². The molecule has 3 atom stereocenters. The fraction of sp³-hybridized carbons (Fsp3) is 0.923. The van der Waals surface area contributed by atoms with Crippen molar-refractivity contribution in [3.8, 4) is 0 Å². The summed E-state index contributed by atoms with van der Waals surface area (Å²) in [6, 6.07) is 0.292. The van der Waals surface area contributed by atoms with Gasteiger partial charge < -0.3 is 10.6 Å². The van der Waals surface area contributed by atoms with E-state index in [4.69, 9.17) is 0 Å². The van der Waals surface area contributed by atoms with Crippen LogP contribution in [-0.4, -0.2) is 25.0 Å². The van der Waals surface area contributed by atoms with Crippen LogP contribution in [0.1, 0.15) is 47.0 Å². The van der Waals surface area contributed by atoms with E-state index in [1.807, 2.05) is 0 Å². The van der Waals surface area contributed by atoms with Gasteiger partial charge in [-0.25, -0.2) is 0 Å². The molecule has 16 heavy (non-hydrogen) atoms. The Labute approximate surface area is 99.4 Å². The van der Waals surface area contributed by atoms with Crippen molar-refractivity contribution in [2.75, 3.05) is 13.1 Å². The molecule has 0 aliphatic carbocycles. The summed E-state index contributed by atoms with van der Waals surface area (Å²) in [5, 5.41) is 6.41. The minimum atomic E-state index is -0.191. The molecule has 1 aliphatic rings. The van der Waals surface area contributed by atoms with Gasteiger partial charge in [0, 0.05) is 12.6 Å². The van der Waals surface area contributed by atoms with Crippen molar-refractivity contribution in [3.63, 3.8) is 0 Å². The van der Waals surface area contributed by atoms with Crippen molar-refractivity contribution in [3.05, 3.63) is 0 Å². The zero-order valence-electron chi connectivity index (χ0n) is 11.1. The van der Waals surface area contributed by atoms with E-state index in [1.165, 1.54) is 6.42 Å². The highest BCUT2D eigenvalue weighted by atomic mass is 16.2. The third kappa shape index (κ3) is 3.48. The number of carbonyl (C=O) groups excluding carboxylic acids is 1. The summed E-state index contributed by atoms with van der Waals surface area (Å²) in [7, 11) is 0. The van der Waals surface area contributed by atoms with Crippen molar-refractivity contribution in [1.29, 1.82) is 0 Å². The molecule has 0 saturated carbocycles. The van der Waals surface area contributed by atoms with Gasteiger partial charge in [-0.3, -0.25) is 4.79 Å². The number of hydrogen-bond donors (Lipinski definition) is 2. The maximum atomic E-state index is 12.1. The molecular formula is C13H26N2O. The second-order valence-corrected chi connectivity index (χ2v) is 5.61. The summed E-state index contributed by atoms with van der Waals surface area (Å²) < 4.78 is 0. The maximum Gasteiger partial charge on any atom is 0.227 e. The molecule has 1 aliphatic heterocycles. The molecule has 94 valence electrons. The van der Waals surface area contributed by atoms with Gasteiger partial charge in [0.05, 0.1) is 5.41 Å². The van der Waals surface area contributed by atoms with Crippen LogP contribution in [0.2, 0.25) is 0 Å². The van der Waals surface area contributed by atoms with E-state index in [2.05, 4.69) is 38.3 Å². The highest BCUT2D eigenvalue weighted by molar-refractivity contribution is 5.83. The topological polar surface area (TPSA) is 41.1 Å². The predicted molar refractivity (Wildman–Crippen MR) is 67.3 cm³/mol. The first-order chi connectivity index (χ1) is 7.48. The van der Waals surface area contributed by atoms with Gasteiger partial charge in [0.1, 0.15) is 0 Å². The zero-order valence-corrected chi connectivity index (χ0v) is 11.1. The average Bonchev–Trinajstić information content (AvgIpc) is 2.66. The summed E-state index contributed by atoms with van der Waals surface area (Å²) in [5.41, 5.74) is -0.191. The standard InChI is InChI=1S/C13H26N2O/c1-5-10(2)8-11(3)15-12(16)13(4)6-7-14-9-13/h10-11,14H,5-9H2,1-4H3,(H,15,16). The van der Waals surface area contributed by atoms with Gasteiger partial charge in [-0.05, 0) is 39.2 Å². The molecule has 0 radical (unpaired) electrons. The molecule has 1 saturated heterocycles. The lowest BCUT2D eigenvalue weighted by Gasteiger charge is -2.25. The van der Waals surface area contributed by atoms with Gasteiger partial charge in [-0.2, -0.15) is 0 Å². The molecule has 1 fully saturated rings. The van der Waals surface area contributed by atoms with Gasteiger partial charge in [0.2, 0.25) is 5.91 Å². The Morgan fingerprint density at radius 3 is 2.69 bits per heavy atom. The Balaban J connectivity index is 2.38. The minimum absolute atomic E-state index is 0.191. The van der Waals surface area contributed by atoms with Crippen LogP contribution in [0, 0.1) is 11.3 Å².